The van der Waals surface area contributed by atoms with Gasteiger partial charge in [-0.1, -0.05) is 32.4 Å². The second-order valence-corrected chi connectivity index (χ2v) is 7.51. The third kappa shape index (κ3) is 1.60. The van der Waals surface area contributed by atoms with Crippen molar-refractivity contribution in [3.8, 4) is 11.5 Å². The lowest BCUT2D eigenvalue weighted by molar-refractivity contribution is 0.0606. The highest BCUT2D eigenvalue weighted by Crippen LogP contribution is 2.67. The molecule has 0 saturated carbocycles. The quantitative estimate of drug-likeness (QED) is 0.833. The minimum absolute atomic E-state index is 0.111. The topological polar surface area (TPSA) is 38.7 Å². The van der Waals surface area contributed by atoms with Crippen molar-refractivity contribution in [3.05, 3.63) is 34.9 Å². The monoisotopic (exact) mass is 300 g/mol. The molecule has 1 aromatic rings. The first-order chi connectivity index (χ1) is 10.5. The zero-order valence-corrected chi connectivity index (χ0v) is 13.7. The highest BCUT2D eigenvalue weighted by molar-refractivity contribution is 5.55. The number of ether oxygens (including phenoxy) is 2. The first kappa shape index (κ1) is 14.1. The predicted octanol–water partition coefficient (Wildman–Crippen LogP) is 4.18. The number of allylic oxidation sites excluding steroid dienone is 2. The zero-order valence-electron chi connectivity index (χ0n) is 13.7. The van der Waals surface area contributed by atoms with Gasteiger partial charge in [0.05, 0.1) is 19.8 Å². The first-order valence-electron chi connectivity index (χ1n) is 8.19. The van der Waals surface area contributed by atoms with Gasteiger partial charge in [-0.25, -0.2) is 0 Å². The van der Waals surface area contributed by atoms with Gasteiger partial charge in [0.25, 0.3) is 0 Å². The second-order valence-electron chi connectivity index (χ2n) is 7.51. The minimum atomic E-state index is 0.111. The summed E-state index contributed by atoms with van der Waals surface area (Å²) in [6.07, 6.45) is 3.70. The van der Waals surface area contributed by atoms with Crippen molar-refractivity contribution in [2.45, 2.75) is 39.2 Å². The fourth-order valence-electron chi connectivity index (χ4n) is 4.77. The van der Waals surface area contributed by atoms with Crippen LogP contribution in [-0.2, 0) is 4.74 Å². The largest absolute Gasteiger partial charge is 0.504 e. The van der Waals surface area contributed by atoms with E-state index in [4.69, 9.17) is 9.47 Å². The summed E-state index contributed by atoms with van der Waals surface area (Å²) >= 11 is 0. The predicted molar refractivity (Wildman–Crippen MR) is 85.2 cm³/mol. The molecule has 3 heteroatoms. The molecule has 1 unspecified atom stereocenters. The molecule has 3 aliphatic rings. The third-order valence-electron chi connectivity index (χ3n) is 6.19. The molecule has 1 fully saturated rings. The lowest BCUT2D eigenvalue weighted by Crippen LogP contribution is -2.33. The van der Waals surface area contributed by atoms with Crippen LogP contribution in [-0.4, -0.2) is 18.8 Å². The van der Waals surface area contributed by atoms with E-state index in [-0.39, 0.29) is 17.3 Å². The fourth-order valence-corrected chi connectivity index (χ4v) is 4.77. The molecule has 1 aromatic carbocycles. The SMILES string of the molecule is COc1cc2c(cc1O)C1C=C(C(C)C)C[C@H]3CO[C@@H]2[C@@]13C. The number of benzene rings is 1. The van der Waals surface area contributed by atoms with Crippen molar-refractivity contribution in [2.24, 2.45) is 17.3 Å². The highest BCUT2D eigenvalue weighted by atomic mass is 16.5. The van der Waals surface area contributed by atoms with Gasteiger partial charge in [-0.05, 0) is 41.5 Å². The molecular formula is C19H24O3. The van der Waals surface area contributed by atoms with Crippen LogP contribution in [0.4, 0.5) is 0 Å². The lowest BCUT2D eigenvalue weighted by Gasteiger charge is -2.40. The molecule has 4 rings (SSSR count). The van der Waals surface area contributed by atoms with Crippen LogP contribution in [0, 0.1) is 17.3 Å². The molecule has 0 bridgehead atoms. The van der Waals surface area contributed by atoms with E-state index in [2.05, 4.69) is 26.8 Å². The molecule has 0 spiro atoms. The number of aromatic hydroxyl groups is 1. The summed E-state index contributed by atoms with van der Waals surface area (Å²) in [5, 5.41) is 10.2. The van der Waals surface area contributed by atoms with Crippen molar-refractivity contribution in [1.82, 2.24) is 0 Å². The molecule has 2 aliphatic carbocycles. The number of phenols is 1. The number of hydrogen-bond donors (Lipinski definition) is 1. The highest BCUT2D eigenvalue weighted by Gasteiger charge is 2.60. The molecule has 0 aromatic heterocycles. The summed E-state index contributed by atoms with van der Waals surface area (Å²) < 4.78 is 11.5. The Morgan fingerprint density at radius 3 is 2.77 bits per heavy atom. The maximum atomic E-state index is 10.2. The average Bonchev–Trinajstić information content (AvgIpc) is 2.94. The van der Waals surface area contributed by atoms with E-state index >= 15 is 0 Å². The molecular weight excluding hydrogens is 276 g/mol. The van der Waals surface area contributed by atoms with Gasteiger partial charge >= 0.3 is 0 Å². The number of fused-ring (bicyclic) bond motifs is 3. The maximum absolute atomic E-state index is 10.2. The Kier molecular flexibility index (Phi) is 2.90. The Morgan fingerprint density at radius 2 is 2.09 bits per heavy atom. The van der Waals surface area contributed by atoms with Gasteiger partial charge in [0, 0.05) is 11.3 Å². The van der Waals surface area contributed by atoms with Crippen LogP contribution in [0.1, 0.15) is 50.3 Å². The first-order valence-corrected chi connectivity index (χ1v) is 8.19. The molecule has 1 heterocycles. The van der Waals surface area contributed by atoms with Crippen LogP contribution in [0.25, 0.3) is 0 Å². The smallest absolute Gasteiger partial charge is 0.160 e. The Balaban J connectivity index is 1.91. The Morgan fingerprint density at radius 1 is 1.32 bits per heavy atom. The summed E-state index contributed by atoms with van der Waals surface area (Å²) in [5.74, 6) is 2.24. The number of methoxy groups -OCH3 is 1. The standard InChI is InChI=1S/C19H24O3/c1-10(2)11-5-12-9-22-18-14-8-17(21-4)16(20)7-13(14)15(6-11)19(12,18)3/h6-8,10,12,15,18,20H,5,9H2,1-4H3/t12-,15?,18-,19+/m0/s1. The molecule has 4 atom stereocenters. The van der Waals surface area contributed by atoms with Crippen LogP contribution < -0.4 is 4.74 Å². The lowest BCUT2D eigenvalue weighted by atomic mass is 9.62. The summed E-state index contributed by atoms with van der Waals surface area (Å²) in [6, 6.07) is 3.87. The van der Waals surface area contributed by atoms with Crippen LogP contribution in [0.3, 0.4) is 0 Å². The van der Waals surface area contributed by atoms with Crippen molar-refractivity contribution in [1.29, 1.82) is 0 Å². The molecule has 1 aliphatic heterocycles. The maximum Gasteiger partial charge on any atom is 0.160 e. The third-order valence-corrected chi connectivity index (χ3v) is 6.19. The van der Waals surface area contributed by atoms with E-state index in [1.165, 1.54) is 16.7 Å². The van der Waals surface area contributed by atoms with Crippen molar-refractivity contribution >= 4 is 0 Å². The summed E-state index contributed by atoms with van der Waals surface area (Å²) in [6.45, 7) is 7.73. The van der Waals surface area contributed by atoms with Gasteiger partial charge in [0.2, 0.25) is 0 Å². The van der Waals surface area contributed by atoms with Crippen LogP contribution in [0.5, 0.6) is 11.5 Å². The normalized spacial score (nSPS) is 35.3. The van der Waals surface area contributed by atoms with Gasteiger partial charge in [-0.3, -0.25) is 0 Å². The molecule has 1 N–H and O–H groups in total. The molecule has 118 valence electrons. The van der Waals surface area contributed by atoms with Gasteiger partial charge in [-0.15, -0.1) is 0 Å². The van der Waals surface area contributed by atoms with Crippen LogP contribution in [0.2, 0.25) is 0 Å². The summed E-state index contributed by atoms with van der Waals surface area (Å²) in [4.78, 5) is 0. The van der Waals surface area contributed by atoms with E-state index in [9.17, 15) is 5.11 Å². The summed E-state index contributed by atoms with van der Waals surface area (Å²) in [7, 11) is 1.60. The van der Waals surface area contributed by atoms with E-state index in [1.807, 2.05) is 12.1 Å². The zero-order chi connectivity index (χ0) is 15.6. The molecule has 0 radical (unpaired) electrons. The minimum Gasteiger partial charge on any atom is -0.504 e. The van der Waals surface area contributed by atoms with Gasteiger partial charge < -0.3 is 14.6 Å². The number of hydrogen-bond acceptors (Lipinski definition) is 3. The Hall–Kier alpha value is -1.48. The molecule has 1 saturated heterocycles. The van der Waals surface area contributed by atoms with Crippen molar-refractivity contribution in [2.75, 3.05) is 13.7 Å². The van der Waals surface area contributed by atoms with E-state index in [0.717, 1.165) is 13.0 Å². The summed E-state index contributed by atoms with van der Waals surface area (Å²) in [5.41, 5.74) is 4.05. The molecule has 22 heavy (non-hydrogen) atoms. The number of rotatable bonds is 2. The van der Waals surface area contributed by atoms with E-state index < -0.39 is 0 Å². The Bertz CT molecular complexity index is 661. The van der Waals surface area contributed by atoms with Crippen molar-refractivity contribution in [3.63, 3.8) is 0 Å². The second kappa shape index (κ2) is 4.51. The van der Waals surface area contributed by atoms with E-state index in [0.29, 0.717) is 23.5 Å². The Labute approximate surface area is 131 Å². The average molecular weight is 300 g/mol. The van der Waals surface area contributed by atoms with Crippen LogP contribution >= 0.6 is 0 Å². The van der Waals surface area contributed by atoms with Crippen LogP contribution in [0.15, 0.2) is 23.8 Å². The van der Waals surface area contributed by atoms with Gasteiger partial charge in [-0.2, -0.15) is 0 Å². The molecule has 0 amide bonds. The fraction of sp³-hybridized carbons (Fsp3) is 0.579. The van der Waals surface area contributed by atoms with Gasteiger partial charge in [0.15, 0.2) is 11.5 Å². The molecule has 3 nitrogen and oxygen atoms in total. The van der Waals surface area contributed by atoms with Gasteiger partial charge in [0.1, 0.15) is 0 Å². The van der Waals surface area contributed by atoms with Crippen molar-refractivity contribution < 1.29 is 14.6 Å². The van der Waals surface area contributed by atoms with E-state index in [1.54, 1.807) is 7.11 Å². The number of phenolic OH excluding ortho intramolecular Hbond substituents is 1.